The summed E-state index contributed by atoms with van der Waals surface area (Å²) in [6.07, 6.45) is 0. The van der Waals surface area contributed by atoms with E-state index < -0.39 is 0 Å². The van der Waals surface area contributed by atoms with Crippen LogP contribution in [0.1, 0.15) is 13.8 Å². The molecule has 0 aromatic carbocycles. The highest BCUT2D eigenvalue weighted by Crippen LogP contribution is 2.44. The Hall–Kier alpha value is -1.32. The van der Waals surface area contributed by atoms with Crippen molar-refractivity contribution >= 4 is 11.9 Å². The molecule has 0 heterocycles. The molecule has 1 saturated carbocycles. The van der Waals surface area contributed by atoms with Gasteiger partial charge >= 0.3 is 11.9 Å². The van der Waals surface area contributed by atoms with Crippen molar-refractivity contribution in [2.24, 2.45) is 11.8 Å². The van der Waals surface area contributed by atoms with Gasteiger partial charge in [-0.15, -0.1) is 0 Å². The van der Waals surface area contributed by atoms with Gasteiger partial charge in [0.15, 0.2) is 0 Å². The third kappa shape index (κ3) is 2.87. The first kappa shape index (κ1) is 10.8. The van der Waals surface area contributed by atoms with Crippen molar-refractivity contribution in [2.45, 2.75) is 13.8 Å². The highest BCUT2D eigenvalue weighted by atomic mass is 16.5. The summed E-state index contributed by atoms with van der Waals surface area (Å²) in [6, 6.07) is 0. The van der Waals surface area contributed by atoms with Gasteiger partial charge in [-0.1, -0.05) is 12.2 Å². The summed E-state index contributed by atoms with van der Waals surface area (Å²) in [4.78, 5) is 21.0. The molecule has 0 N–H and O–H groups in total. The van der Waals surface area contributed by atoms with Crippen molar-refractivity contribution in [3.8, 4) is 0 Å². The van der Waals surface area contributed by atoms with E-state index in [-0.39, 0.29) is 23.8 Å². The summed E-state index contributed by atoms with van der Waals surface area (Å²) < 4.78 is 9.67. The topological polar surface area (TPSA) is 52.6 Å². The van der Waals surface area contributed by atoms with Crippen LogP contribution in [0.15, 0.2) is 12.2 Å². The molecule has 1 fully saturated rings. The van der Waals surface area contributed by atoms with Crippen molar-refractivity contribution in [3.05, 3.63) is 12.2 Å². The van der Waals surface area contributed by atoms with Gasteiger partial charge in [0.05, 0.1) is 13.2 Å². The molecule has 0 aliphatic heterocycles. The Kier molecular flexibility index (Phi) is 3.28. The van der Waals surface area contributed by atoms with E-state index in [0.717, 1.165) is 5.57 Å². The lowest BCUT2D eigenvalue weighted by Gasteiger charge is -2.00. The second-order valence-electron chi connectivity index (χ2n) is 3.39. The quantitative estimate of drug-likeness (QED) is 0.497. The van der Waals surface area contributed by atoms with Crippen LogP contribution in [0.4, 0.5) is 0 Å². The van der Waals surface area contributed by atoms with Crippen LogP contribution in [-0.4, -0.2) is 25.2 Å². The molecule has 0 amide bonds. The number of hydrogen-bond acceptors (Lipinski definition) is 4. The molecule has 4 heteroatoms. The maximum absolute atomic E-state index is 10.5. The number of esters is 2. The van der Waals surface area contributed by atoms with E-state index in [0.29, 0.717) is 13.2 Å². The minimum absolute atomic E-state index is 0.165. The van der Waals surface area contributed by atoms with Crippen LogP contribution in [0, 0.1) is 11.8 Å². The Balaban J connectivity index is 2.21. The van der Waals surface area contributed by atoms with Crippen LogP contribution in [0.5, 0.6) is 0 Å². The molecule has 0 aromatic rings. The Morgan fingerprint density at radius 2 is 1.50 bits per heavy atom. The minimum atomic E-state index is -0.295. The van der Waals surface area contributed by atoms with Crippen molar-refractivity contribution < 1.29 is 19.1 Å². The zero-order valence-corrected chi connectivity index (χ0v) is 8.41. The number of hydrogen-bond donors (Lipinski definition) is 0. The maximum atomic E-state index is 10.5. The monoisotopic (exact) mass is 198 g/mol. The van der Waals surface area contributed by atoms with E-state index in [4.69, 9.17) is 9.47 Å². The fourth-order valence-electron chi connectivity index (χ4n) is 1.31. The van der Waals surface area contributed by atoms with Crippen LogP contribution in [-0.2, 0) is 19.1 Å². The lowest BCUT2D eigenvalue weighted by Crippen LogP contribution is -2.07. The first-order chi connectivity index (χ1) is 6.52. The molecule has 1 aliphatic carbocycles. The second-order valence-corrected chi connectivity index (χ2v) is 3.39. The number of carbonyl (C=O) groups is 2. The molecular formula is C10H14O4. The third-order valence-corrected chi connectivity index (χ3v) is 2.26. The third-order valence-electron chi connectivity index (χ3n) is 2.26. The van der Waals surface area contributed by atoms with Gasteiger partial charge in [0.2, 0.25) is 0 Å². The van der Waals surface area contributed by atoms with Crippen LogP contribution in [0.2, 0.25) is 0 Å². The normalized spacial score (nSPS) is 24.3. The summed E-state index contributed by atoms with van der Waals surface area (Å²) in [5.41, 5.74) is 0.993. The standard InChI is InChI=1S/C10H14O4/c1-6-9(4-13-7(2)11)10(6)5-14-8(3)12/h9-10H,1,4-5H2,2-3H3. The molecule has 1 rings (SSSR count). The van der Waals surface area contributed by atoms with Gasteiger partial charge < -0.3 is 9.47 Å². The lowest BCUT2D eigenvalue weighted by atomic mass is 10.3. The van der Waals surface area contributed by atoms with E-state index in [2.05, 4.69) is 6.58 Å². The molecule has 2 unspecified atom stereocenters. The van der Waals surface area contributed by atoms with E-state index in [1.54, 1.807) is 0 Å². The first-order valence-corrected chi connectivity index (χ1v) is 4.47. The van der Waals surface area contributed by atoms with Crippen molar-refractivity contribution in [2.75, 3.05) is 13.2 Å². The fourth-order valence-corrected chi connectivity index (χ4v) is 1.31. The van der Waals surface area contributed by atoms with E-state index in [1.165, 1.54) is 13.8 Å². The molecule has 0 aromatic heterocycles. The fraction of sp³-hybridized carbons (Fsp3) is 0.600. The van der Waals surface area contributed by atoms with Crippen LogP contribution in [0.3, 0.4) is 0 Å². The van der Waals surface area contributed by atoms with E-state index in [1.807, 2.05) is 0 Å². The summed E-state index contributed by atoms with van der Waals surface area (Å²) in [5, 5.41) is 0. The van der Waals surface area contributed by atoms with Crippen molar-refractivity contribution in [3.63, 3.8) is 0 Å². The van der Waals surface area contributed by atoms with Crippen LogP contribution < -0.4 is 0 Å². The Labute approximate surface area is 82.9 Å². The minimum Gasteiger partial charge on any atom is -0.465 e. The van der Waals surface area contributed by atoms with Crippen molar-refractivity contribution in [1.82, 2.24) is 0 Å². The van der Waals surface area contributed by atoms with E-state index in [9.17, 15) is 9.59 Å². The summed E-state index contributed by atoms with van der Waals surface area (Å²) >= 11 is 0. The average molecular weight is 198 g/mol. The zero-order chi connectivity index (χ0) is 10.7. The molecule has 2 atom stereocenters. The molecule has 0 spiro atoms. The molecular weight excluding hydrogens is 184 g/mol. The Morgan fingerprint density at radius 3 is 1.79 bits per heavy atom. The average Bonchev–Trinajstić information content (AvgIpc) is 2.69. The molecule has 14 heavy (non-hydrogen) atoms. The van der Waals surface area contributed by atoms with E-state index >= 15 is 0 Å². The van der Waals surface area contributed by atoms with Crippen LogP contribution >= 0.6 is 0 Å². The van der Waals surface area contributed by atoms with Gasteiger partial charge in [-0.25, -0.2) is 0 Å². The lowest BCUT2D eigenvalue weighted by molar-refractivity contribution is -0.143. The molecule has 4 nitrogen and oxygen atoms in total. The number of rotatable bonds is 4. The Morgan fingerprint density at radius 1 is 1.14 bits per heavy atom. The highest BCUT2D eigenvalue weighted by Gasteiger charge is 2.43. The largest absolute Gasteiger partial charge is 0.465 e. The van der Waals surface area contributed by atoms with Gasteiger partial charge in [0.1, 0.15) is 0 Å². The predicted octanol–water partition coefficient (Wildman–Crippen LogP) is 0.915. The molecule has 0 saturated heterocycles. The predicted molar refractivity (Wildman–Crippen MR) is 49.4 cm³/mol. The first-order valence-electron chi connectivity index (χ1n) is 4.47. The van der Waals surface area contributed by atoms with Gasteiger partial charge in [-0.3, -0.25) is 9.59 Å². The van der Waals surface area contributed by atoms with Gasteiger partial charge in [-0.05, 0) is 0 Å². The highest BCUT2D eigenvalue weighted by molar-refractivity contribution is 5.66. The SMILES string of the molecule is C=C1C(COC(C)=O)C1COC(C)=O. The molecule has 1 aliphatic rings. The summed E-state index contributed by atoms with van der Waals surface area (Å²) in [5.74, 6) is -0.261. The van der Waals surface area contributed by atoms with Crippen LogP contribution in [0.25, 0.3) is 0 Å². The van der Waals surface area contributed by atoms with Gasteiger partial charge in [-0.2, -0.15) is 0 Å². The summed E-state index contributed by atoms with van der Waals surface area (Å²) in [6.45, 7) is 7.23. The van der Waals surface area contributed by atoms with Crippen molar-refractivity contribution in [1.29, 1.82) is 0 Å². The number of ether oxygens (including phenoxy) is 2. The van der Waals surface area contributed by atoms with Gasteiger partial charge in [0.25, 0.3) is 0 Å². The molecule has 0 radical (unpaired) electrons. The molecule has 0 bridgehead atoms. The maximum Gasteiger partial charge on any atom is 0.302 e. The smallest absolute Gasteiger partial charge is 0.302 e. The van der Waals surface area contributed by atoms with Gasteiger partial charge in [0, 0.05) is 25.7 Å². The Bertz CT molecular complexity index is 243. The summed E-state index contributed by atoms with van der Waals surface area (Å²) in [7, 11) is 0. The second kappa shape index (κ2) is 4.26. The number of carbonyl (C=O) groups excluding carboxylic acids is 2. The zero-order valence-electron chi connectivity index (χ0n) is 8.41. The molecule has 78 valence electrons.